The van der Waals surface area contributed by atoms with E-state index in [4.69, 9.17) is 0 Å². The summed E-state index contributed by atoms with van der Waals surface area (Å²) in [5, 5.41) is 14.4. The zero-order valence-electron chi connectivity index (χ0n) is 17.7. The lowest BCUT2D eigenvalue weighted by Gasteiger charge is -2.55. The van der Waals surface area contributed by atoms with Gasteiger partial charge < -0.3 is 16.0 Å². The Labute approximate surface area is 174 Å². The molecule has 3 fully saturated rings. The van der Waals surface area contributed by atoms with E-state index in [0.717, 1.165) is 44.1 Å². The third kappa shape index (κ3) is 3.57. The van der Waals surface area contributed by atoms with Gasteiger partial charge >= 0.3 is 0 Å². The molecule has 1 amide bonds. The summed E-state index contributed by atoms with van der Waals surface area (Å²) < 4.78 is 0. The van der Waals surface area contributed by atoms with Gasteiger partial charge in [0.15, 0.2) is 0 Å². The number of amides is 1. The molecule has 5 rings (SSSR count). The van der Waals surface area contributed by atoms with Gasteiger partial charge in [0.2, 0.25) is 5.91 Å². The van der Waals surface area contributed by atoms with Crippen molar-refractivity contribution >= 4 is 11.6 Å². The molecule has 2 saturated carbocycles. The summed E-state index contributed by atoms with van der Waals surface area (Å²) in [6.07, 6.45) is 11.1. The van der Waals surface area contributed by atoms with E-state index in [9.17, 15) is 4.79 Å². The maximum Gasteiger partial charge on any atom is 0.243 e. The predicted molar refractivity (Wildman–Crippen MR) is 117 cm³/mol. The minimum atomic E-state index is -0.126. The van der Waals surface area contributed by atoms with Gasteiger partial charge in [-0.2, -0.15) is 0 Å². The van der Waals surface area contributed by atoms with Crippen LogP contribution in [0.15, 0.2) is 18.2 Å². The van der Waals surface area contributed by atoms with Crippen LogP contribution in [-0.4, -0.2) is 36.7 Å². The van der Waals surface area contributed by atoms with Gasteiger partial charge in [0.05, 0.1) is 0 Å². The van der Waals surface area contributed by atoms with E-state index in [0.29, 0.717) is 17.5 Å². The number of benzene rings is 1. The maximum absolute atomic E-state index is 13.0. The average Bonchev–Trinajstić information content (AvgIpc) is 3.20. The van der Waals surface area contributed by atoms with Crippen molar-refractivity contribution in [1.29, 1.82) is 0 Å². The van der Waals surface area contributed by atoms with Gasteiger partial charge in [-0.25, -0.2) is 0 Å². The summed E-state index contributed by atoms with van der Waals surface area (Å²) >= 11 is 0. The van der Waals surface area contributed by atoms with Crippen molar-refractivity contribution in [3.05, 3.63) is 29.3 Å². The van der Waals surface area contributed by atoms with Crippen molar-refractivity contribution in [3.63, 3.8) is 0 Å². The molecular weight excluding hydrogens is 360 g/mol. The lowest BCUT2D eigenvalue weighted by Crippen LogP contribution is -2.68. The standard InChI is InChI=1S/C24H36N4O/c1-16-6-5-7-17-12-21(28-22(16)17)23(29)27-20-10-11-24(18-8-3-2-4-9-18)19(13-20)14-25-15-26-24/h5-7,18-21,25-26,28H,2-4,8-15H2,1H3,(H,27,29). The van der Waals surface area contributed by atoms with Crippen LogP contribution >= 0.6 is 0 Å². The quantitative estimate of drug-likeness (QED) is 0.634. The molecule has 4 atom stereocenters. The van der Waals surface area contributed by atoms with Gasteiger partial charge in [-0.3, -0.25) is 10.1 Å². The largest absolute Gasteiger partial charge is 0.373 e. The third-order valence-electron chi connectivity index (χ3n) is 8.24. The summed E-state index contributed by atoms with van der Waals surface area (Å²) in [4.78, 5) is 13.0. The molecule has 5 heteroatoms. The van der Waals surface area contributed by atoms with Crippen molar-refractivity contribution in [2.75, 3.05) is 18.5 Å². The van der Waals surface area contributed by atoms with E-state index >= 15 is 0 Å². The van der Waals surface area contributed by atoms with Crippen LogP contribution in [0.2, 0.25) is 0 Å². The van der Waals surface area contributed by atoms with Crippen LogP contribution in [0.5, 0.6) is 0 Å². The van der Waals surface area contributed by atoms with Crippen LogP contribution in [0.25, 0.3) is 0 Å². The smallest absolute Gasteiger partial charge is 0.243 e. The number of hydrogen-bond acceptors (Lipinski definition) is 4. The van der Waals surface area contributed by atoms with Crippen LogP contribution in [0.3, 0.4) is 0 Å². The van der Waals surface area contributed by atoms with Crippen molar-refractivity contribution < 1.29 is 4.79 Å². The highest BCUT2D eigenvalue weighted by Crippen LogP contribution is 2.45. The van der Waals surface area contributed by atoms with Crippen molar-refractivity contribution in [3.8, 4) is 0 Å². The molecule has 1 aromatic carbocycles. The predicted octanol–water partition coefficient (Wildman–Crippen LogP) is 3.09. The Morgan fingerprint density at radius 2 is 2.00 bits per heavy atom. The number of para-hydroxylation sites is 1. The van der Waals surface area contributed by atoms with Gasteiger partial charge in [-0.15, -0.1) is 0 Å². The van der Waals surface area contributed by atoms with E-state index in [1.165, 1.54) is 49.7 Å². The zero-order chi connectivity index (χ0) is 19.8. The minimum Gasteiger partial charge on any atom is -0.373 e. The SMILES string of the molecule is Cc1cccc2c1NC(C(=O)NC1CCC3(C4CCCCC4)NCNCC3C1)C2. The highest BCUT2D eigenvalue weighted by atomic mass is 16.2. The van der Waals surface area contributed by atoms with E-state index < -0.39 is 0 Å². The molecule has 0 aromatic heterocycles. The molecular formula is C24H36N4O. The Morgan fingerprint density at radius 1 is 1.14 bits per heavy atom. The molecule has 29 heavy (non-hydrogen) atoms. The van der Waals surface area contributed by atoms with E-state index in [1.54, 1.807) is 0 Å². The summed E-state index contributed by atoms with van der Waals surface area (Å²) in [5.74, 6) is 1.61. The Bertz CT molecular complexity index is 759. The van der Waals surface area contributed by atoms with Crippen LogP contribution in [-0.2, 0) is 11.2 Å². The molecule has 5 nitrogen and oxygen atoms in total. The number of carbonyl (C=O) groups is 1. The molecule has 1 aromatic rings. The fourth-order valence-electron chi connectivity index (χ4n) is 6.70. The molecule has 2 aliphatic heterocycles. The van der Waals surface area contributed by atoms with E-state index in [1.807, 2.05) is 0 Å². The molecule has 1 saturated heterocycles. The molecule has 2 heterocycles. The summed E-state index contributed by atoms with van der Waals surface area (Å²) in [7, 11) is 0. The van der Waals surface area contributed by atoms with Gasteiger partial charge in [-0.05, 0) is 62.0 Å². The topological polar surface area (TPSA) is 65.2 Å². The molecule has 4 aliphatic rings. The molecule has 158 valence electrons. The number of hydrogen-bond donors (Lipinski definition) is 4. The normalized spacial score (nSPS) is 34.7. The fraction of sp³-hybridized carbons (Fsp3) is 0.708. The fourth-order valence-corrected chi connectivity index (χ4v) is 6.70. The lowest BCUT2D eigenvalue weighted by molar-refractivity contribution is -0.123. The second kappa shape index (κ2) is 7.92. The van der Waals surface area contributed by atoms with Crippen LogP contribution in [0.1, 0.15) is 62.5 Å². The first-order valence-electron chi connectivity index (χ1n) is 11.8. The van der Waals surface area contributed by atoms with Gasteiger partial charge in [0.25, 0.3) is 0 Å². The number of carbonyl (C=O) groups excluding carboxylic acids is 1. The molecule has 4 N–H and O–H groups in total. The first kappa shape index (κ1) is 19.4. The minimum absolute atomic E-state index is 0.126. The van der Waals surface area contributed by atoms with Crippen LogP contribution in [0, 0.1) is 18.8 Å². The molecule has 0 radical (unpaired) electrons. The first-order chi connectivity index (χ1) is 14.2. The van der Waals surface area contributed by atoms with Crippen molar-refractivity contribution in [2.24, 2.45) is 11.8 Å². The number of fused-ring (bicyclic) bond motifs is 2. The highest BCUT2D eigenvalue weighted by molar-refractivity contribution is 5.88. The van der Waals surface area contributed by atoms with Crippen LogP contribution < -0.4 is 21.3 Å². The second-order valence-corrected chi connectivity index (χ2v) is 9.87. The van der Waals surface area contributed by atoms with Gasteiger partial charge in [0.1, 0.15) is 6.04 Å². The average molecular weight is 397 g/mol. The molecule has 0 spiro atoms. The Balaban J connectivity index is 1.23. The Hall–Kier alpha value is -1.59. The number of nitrogens with one attached hydrogen (secondary N) is 4. The zero-order valence-corrected chi connectivity index (χ0v) is 17.7. The first-order valence-corrected chi connectivity index (χ1v) is 11.8. The van der Waals surface area contributed by atoms with Gasteiger partial charge in [-0.1, -0.05) is 37.5 Å². The Kier molecular flexibility index (Phi) is 5.29. The van der Waals surface area contributed by atoms with E-state index in [-0.39, 0.29) is 11.9 Å². The monoisotopic (exact) mass is 396 g/mol. The lowest BCUT2D eigenvalue weighted by atomic mass is 9.60. The van der Waals surface area contributed by atoms with E-state index in [2.05, 4.69) is 46.4 Å². The number of aryl methyl sites for hydroxylation is 1. The molecule has 2 aliphatic carbocycles. The summed E-state index contributed by atoms with van der Waals surface area (Å²) in [5.41, 5.74) is 3.96. The summed E-state index contributed by atoms with van der Waals surface area (Å²) in [6.45, 7) is 4.14. The van der Waals surface area contributed by atoms with Crippen LogP contribution in [0.4, 0.5) is 5.69 Å². The number of rotatable bonds is 3. The maximum atomic E-state index is 13.0. The highest BCUT2D eigenvalue weighted by Gasteiger charge is 2.49. The molecule has 0 bridgehead atoms. The second-order valence-electron chi connectivity index (χ2n) is 9.87. The third-order valence-corrected chi connectivity index (χ3v) is 8.24. The Morgan fingerprint density at radius 3 is 2.83 bits per heavy atom. The van der Waals surface area contributed by atoms with Crippen molar-refractivity contribution in [2.45, 2.75) is 82.3 Å². The van der Waals surface area contributed by atoms with Crippen molar-refractivity contribution in [1.82, 2.24) is 16.0 Å². The number of anilines is 1. The summed E-state index contributed by atoms with van der Waals surface area (Å²) in [6, 6.07) is 6.52. The van der Waals surface area contributed by atoms with Gasteiger partial charge in [0, 0.05) is 36.9 Å². The molecule has 4 unspecified atom stereocenters.